The summed E-state index contributed by atoms with van der Waals surface area (Å²) in [7, 11) is 0. The number of allylic oxidation sites excluding steroid dienone is 4. The van der Waals surface area contributed by atoms with Crippen LogP contribution in [-0.2, 0) is 6.42 Å². The van der Waals surface area contributed by atoms with Crippen LogP contribution in [0.1, 0.15) is 37.8 Å². The smallest absolute Gasteiger partial charge is 0.0352 e. The number of nitrogen functional groups attached to an aromatic ring is 1. The van der Waals surface area contributed by atoms with Crippen molar-refractivity contribution in [3.05, 3.63) is 46.4 Å². The molecular weight excluding hydrogens is 238 g/mol. The van der Waals surface area contributed by atoms with E-state index < -0.39 is 0 Å². The van der Waals surface area contributed by atoms with E-state index in [1.807, 2.05) is 12.1 Å². The first-order valence-electron chi connectivity index (χ1n) is 6.56. The van der Waals surface area contributed by atoms with Crippen LogP contribution in [0, 0.1) is 5.92 Å². The normalized spacial score (nSPS) is 15.6. The van der Waals surface area contributed by atoms with Crippen LogP contribution in [0.5, 0.6) is 0 Å². The molecule has 1 aliphatic carbocycles. The summed E-state index contributed by atoms with van der Waals surface area (Å²) in [5.74, 6) is 0.602. The molecule has 2 N–H and O–H groups in total. The van der Waals surface area contributed by atoms with Crippen molar-refractivity contribution >= 4 is 23.9 Å². The fourth-order valence-corrected chi connectivity index (χ4v) is 2.71. The number of nitrogens with two attached hydrogens (primary N) is 1. The summed E-state index contributed by atoms with van der Waals surface area (Å²) in [4.78, 5) is 1.17. The Morgan fingerprint density at radius 2 is 2.11 bits per heavy atom. The van der Waals surface area contributed by atoms with Crippen molar-refractivity contribution in [3.63, 3.8) is 0 Å². The van der Waals surface area contributed by atoms with Crippen LogP contribution in [0.2, 0.25) is 0 Å². The molecule has 0 unspecified atom stereocenters. The van der Waals surface area contributed by atoms with Gasteiger partial charge in [-0.1, -0.05) is 38.1 Å². The van der Waals surface area contributed by atoms with E-state index in [0.717, 1.165) is 24.9 Å². The first-order chi connectivity index (χ1) is 8.59. The number of hydrogen-bond acceptors (Lipinski definition) is 2. The largest absolute Gasteiger partial charge is 0.398 e. The van der Waals surface area contributed by atoms with Gasteiger partial charge in [-0.25, -0.2) is 0 Å². The van der Waals surface area contributed by atoms with Crippen molar-refractivity contribution in [1.29, 1.82) is 0 Å². The highest BCUT2D eigenvalue weighted by Gasteiger charge is 2.14. The van der Waals surface area contributed by atoms with Crippen LogP contribution in [0.4, 0.5) is 5.69 Å². The lowest BCUT2D eigenvalue weighted by molar-refractivity contribution is 0.647. The van der Waals surface area contributed by atoms with E-state index in [2.05, 4.69) is 44.7 Å². The predicted molar refractivity (Wildman–Crippen MR) is 83.7 cm³/mol. The molecule has 0 heterocycles. The van der Waals surface area contributed by atoms with E-state index in [9.17, 15) is 0 Å². The third-order valence-electron chi connectivity index (χ3n) is 3.26. The lowest BCUT2D eigenvalue weighted by Crippen LogP contribution is -2.04. The van der Waals surface area contributed by atoms with Crippen LogP contribution in [-0.4, -0.2) is 0 Å². The third-order valence-corrected chi connectivity index (χ3v) is 3.72. The molecule has 0 fully saturated rings. The molecule has 18 heavy (non-hydrogen) atoms. The van der Waals surface area contributed by atoms with E-state index >= 15 is 0 Å². The first-order valence-corrected chi connectivity index (χ1v) is 7.00. The van der Waals surface area contributed by atoms with Crippen molar-refractivity contribution in [2.75, 3.05) is 5.73 Å². The van der Waals surface area contributed by atoms with Gasteiger partial charge in [-0.3, -0.25) is 0 Å². The maximum atomic E-state index is 6.15. The molecule has 0 aromatic heterocycles. The standard InChI is InChI=1S/C16H21NS/c1-11(2)10-14-12(7-5-8-15(14)17)13-6-3-4-9-16(13)18/h3,5-8,11,18H,4,9-10,17H2,1-2H3. The zero-order chi connectivity index (χ0) is 13.1. The molecule has 1 aromatic carbocycles. The Bertz CT molecular complexity index is 498. The summed E-state index contributed by atoms with van der Waals surface area (Å²) in [6.07, 6.45) is 7.54. The minimum atomic E-state index is 0.602. The molecule has 2 heteroatoms. The van der Waals surface area contributed by atoms with Gasteiger partial charge in [-0.15, -0.1) is 12.6 Å². The van der Waals surface area contributed by atoms with E-state index in [1.54, 1.807) is 0 Å². The van der Waals surface area contributed by atoms with Crippen molar-refractivity contribution in [2.45, 2.75) is 33.1 Å². The Kier molecular flexibility index (Phi) is 4.18. The minimum Gasteiger partial charge on any atom is -0.398 e. The number of rotatable bonds is 3. The molecule has 1 aliphatic rings. The summed E-state index contributed by atoms with van der Waals surface area (Å²) in [5, 5.41) is 0. The molecule has 0 radical (unpaired) electrons. The molecule has 96 valence electrons. The third kappa shape index (κ3) is 2.81. The Labute approximate surface area is 115 Å². The van der Waals surface area contributed by atoms with E-state index in [-0.39, 0.29) is 0 Å². The van der Waals surface area contributed by atoms with Crippen molar-refractivity contribution < 1.29 is 0 Å². The number of hydrogen-bond donors (Lipinski definition) is 2. The Hall–Kier alpha value is -1.15. The second-order valence-corrected chi connectivity index (χ2v) is 5.81. The van der Waals surface area contributed by atoms with Gasteiger partial charge in [0.05, 0.1) is 0 Å². The fourth-order valence-electron chi connectivity index (χ4n) is 2.39. The summed E-state index contributed by atoms with van der Waals surface area (Å²) in [6.45, 7) is 4.45. The molecule has 1 aromatic rings. The highest BCUT2D eigenvalue weighted by molar-refractivity contribution is 7.84. The average Bonchev–Trinajstić information content (AvgIpc) is 2.32. The highest BCUT2D eigenvalue weighted by atomic mass is 32.1. The van der Waals surface area contributed by atoms with Gasteiger partial charge >= 0.3 is 0 Å². The van der Waals surface area contributed by atoms with Gasteiger partial charge in [-0.2, -0.15) is 0 Å². The molecule has 0 saturated heterocycles. The minimum absolute atomic E-state index is 0.602. The molecule has 0 bridgehead atoms. The average molecular weight is 259 g/mol. The Morgan fingerprint density at radius 3 is 2.78 bits per heavy atom. The summed E-state index contributed by atoms with van der Waals surface area (Å²) in [5.41, 5.74) is 10.8. The summed E-state index contributed by atoms with van der Waals surface area (Å²) < 4.78 is 0. The van der Waals surface area contributed by atoms with Crippen molar-refractivity contribution in [2.24, 2.45) is 5.92 Å². The van der Waals surface area contributed by atoms with Crippen LogP contribution in [0.3, 0.4) is 0 Å². The van der Waals surface area contributed by atoms with Crippen LogP contribution >= 0.6 is 12.6 Å². The number of benzene rings is 1. The highest BCUT2D eigenvalue weighted by Crippen LogP contribution is 2.34. The van der Waals surface area contributed by atoms with Gasteiger partial charge in [0.25, 0.3) is 0 Å². The zero-order valence-electron chi connectivity index (χ0n) is 11.1. The first kappa shape index (κ1) is 13.3. The number of thiol groups is 1. The second-order valence-electron chi connectivity index (χ2n) is 5.27. The van der Waals surface area contributed by atoms with Crippen LogP contribution in [0.15, 0.2) is 35.3 Å². The van der Waals surface area contributed by atoms with Gasteiger partial charge < -0.3 is 5.73 Å². The van der Waals surface area contributed by atoms with Crippen LogP contribution < -0.4 is 5.73 Å². The van der Waals surface area contributed by atoms with E-state index in [4.69, 9.17) is 5.73 Å². The van der Waals surface area contributed by atoms with Crippen molar-refractivity contribution in [1.82, 2.24) is 0 Å². The van der Waals surface area contributed by atoms with Gasteiger partial charge in [0.1, 0.15) is 0 Å². The van der Waals surface area contributed by atoms with Gasteiger partial charge in [-0.05, 0) is 52.9 Å². The lowest BCUT2D eigenvalue weighted by atomic mass is 9.90. The lowest BCUT2D eigenvalue weighted by Gasteiger charge is -2.18. The van der Waals surface area contributed by atoms with E-state index in [0.29, 0.717) is 5.92 Å². The Morgan fingerprint density at radius 1 is 1.33 bits per heavy atom. The molecule has 0 amide bonds. The summed E-state index contributed by atoms with van der Waals surface area (Å²) in [6, 6.07) is 6.19. The van der Waals surface area contributed by atoms with Gasteiger partial charge in [0, 0.05) is 5.69 Å². The van der Waals surface area contributed by atoms with E-state index in [1.165, 1.54) is 21.6 Å². The molecular formula is C16H21NS. The molecule has 2 rings (SSSR count). The topological polar surface area (TPSA) is 26.0 Å². The molecule has 0 spiro atoms. The zero-order valence-corrected chi connectivity index (χ0v) is 12.0. The Balaban J connectivity index is 2.50. The van der Waals surface area contributed by atoms with Crippen molar-refractivity contribution in [3.8, 4) is 0 Å². The van der Waals surface area contributed by atoms with Gasteiger partial charge in [0.2, 0.25) is 0 Å². The molecule has 0 saturated carbocycles. The quantitative estimate of drug-likeness (QED) is 0.608. The maximum Gasteiger partial charge on any atom is 0.0352 e. The predicted octanol–water partition coefficient (Wildman–Crippen LogP) is 4.46. The summed E-state index contributed by atoms with van der Waals surface area (Å²) >= 11 is 4.63. The fraction of sp³-hybridized carbons (Fsp3) is 0.375. The number of anilines is 1. The SMILES string of the molecule is CC(C)Cc1c(N)cccc1C1=C(S)CCC=C1. The maximum absolute atomic E-state index is 6.15. The molecule has 1 nitrogen and oxygen atoms in total. The van der Waals surface area contributed by atoms with Gasteiger partial charge in [0.15, 0.2) is 0 Å². The molecule has 0 aliphatic heterocycles. The monoisotopic (exact) mass is 259 g/mol. The molecule has 0 atom stereocenters. The van der Waals surface area contributed by atoms with Crippen LogP contribution in [0.25, 0.3) is 5.57 Å². The second kappa shape index (κ2) is 5.66.